The lowest BCUT2D eigenvalue weighted by Gasteiger charge is -2.17. The summed E-state index contributed by atoms with van der Waals surface area (Å²) in [6.07, 6.45) is -1.08. The van der Waals surface area contributed by atoms with Gasteiger partial charge in [0.25, 0.3) is 5.91 Å². The lowest BCUT2D eigenvalue weighted by Crippen LogP contribution is -2.26. The minimum absolute atomic E-state index is 0.0314. The van der Waals surface area contributed by atoms with Crippen molar-refractivity contribution >= 4 is 17.7 Å². The number of esters is 1. The number of nitrogens with zero attached hydrogens (tertiary/aromatic N) is 1. The molecule has 7 heteroatoms. The number of methoxy groups -OCH3 is 1. The summed E-state index contributed by atoms with van der Waals surface area (Å²) in [6, 6.07) is 17.5. The standard InChI is InChI=1S/C21H20N2O5/c1-14-12-18(23-28-14)22-21(25)20(16-6-4-3-5-7-16)27-19(24)13-15-8-10-17(26-2)11-9-15/h3-12,20H,13H2,1-2H3,(H,22,23,25)/t20-/m0/s1. The third-order valence-corrected chi connectivity index (χ3v) is 3.98. The van der Waals surface area contributed by atoms with Crippen LogP contribution in [0.2, 0.25) is 0 Å². The Hall–Kier alpha value is -3.61. The number of aromatic nitrogens is 1. The van der Waals surface area contributed by atoms with E-state index < -0.39 is 18.0 Å². The van der Waals surface area contributed by atoms with Gasteiger partial charge in [0.2, 0.25) is 6.10 Å². The summed E-state index contributed by atoms with van der Waals surface area (Å²) in [5, 5.41) is 6.34. The highest BCUT2D eigenvalue weighted by atomic mass is 16.5. The van der Waals surface area contributed by atoms with Crippen molar-refractivity contribution in [3.05, 3.63) is 77.6 Å². The third kappa shape index (κ3) is 4.97. The smallest absolute Gasteiger partial charge is 0.311 e. The molecule has 0 bridgehead atoms. The van der Waals surface area contributed by atoms with Gasteiger partial charge in [-0.05, 0) is 24.6 Å². The largest absolute Gasteiger partial charge is 0.497 e. The Labute approximate surface area is 162 Å². The Morgan fingerprint density at radius 2 is 1.82 bits per heavy atom. The average Bonchev–Trinajstić information content (AvgIpc) is 3.12. The molecule has 0 aliphatic carbocycles. The van der Waals surface area contributed by atoms with Crippen LogP contribution < -0.4 is 10.1 Å². The number of hydrogen-bond acceptors (Lipinski definition) is 6. The van der Waals surface area contributed by atoms with Gasteiger partial charge in [0, 0.05) is 11.6 Å². The van der Waals surface area contributed by atoms with Gasteiger partial charge < -0.3 is 19.3 Å². The molecule has 144 valence electrons. The van der Waals surface area contributed by atoms with Gasteiger partial charge in [-0.15, -0.1) is 0 Å². The second-order valence-electron chi connectivity index (χ2n) is 6.12. The molecule has 1 aromatic heterocycles. The molecule has 1 amide bonds. The number of carbonyl (C=O) groups is 2. The van der Waals surface area contributed by atoms with E-state index >= 15 is 0 Å². The first-order valence-corrected chi connectivity index (χ1v) is 8.66. The first kappa shape index (κ1) is 19.2. The number of amides is 1. The van der Waals surface area contributed by atoms with Crippen LogP contribution in [0.5, 0.6) is 5.75 Å². The molecular formula is C21H20N2O5. The topological polar surface area (TPSA) is 90.7 Å². The lowest BCUT2D eigenvalue weighted by atomic mass is 10.1. The molecule has 0 unspecified atom stereocenters. The molecule has 0 saturated carbocycles. The fraction of sp³-hybridized carbons (Fsp3) is 0.190. The van der Waals surface area contributed by atoms with Crippen molar-refractivity contribution in [2.24, 2.45) is 0 Å². The van der Waals surface area contributed by atoms with Gasteiger partial charge in [-0.3, -0.25) is 9.59 Å². The summed E-state index contributed by atoms with van der Waals surface area (Å²) in [7, 11) is 1.57. The number of carbonyl (C=O) groups excluding carboxylic acids is 2. The molecule has 3 rings (SSSR count). The van der Waals surface area contributed by atoms with Crippen LogP contribution in [0.1, 0.15) is 23.0 Å². The fourth-order valence-corrected chi connectivity index (χ4v) is 2.60. The molecule has 0 radical (unpaired) electrons. The van der Waals surface area contributed by atoms with Gasteiger partial charge in [0.05, 0.1) is 13.5 Å². The fourth-order valence-electron chi connectivity index (χ4n) is 2.60. The number of aryl methyl sites for hydroxylation is 1. The van der Waals surface area contributed by atoms with Crippen molar-refractivity contribution in [3.63, 3.8) is 0 Å². The summed E-state index contributed by atoms with van der Waals surface area (Å²) < 4.78 is 15.5. The Kier molecular flexibility index (Phi) is 6.06. The number of rotatable bonds is 7. The summed E-state index contributed by atoms with van der Waals surface area (Å²) in [5.41, 5.74) is 1.31. The van der Waals surface area contributed by atoms with Crippen molar-refractivity contribution < 1.29 is 23.6 Å². The van der Waals surface area contributed by atoms with Crippen molar-refractivity contribution in [3.8, 4) is 5.75 Å². The highest BCUT2D eigenvalue weighted by molar-refractivity contribution is 5.95. The zero-order valence-corrected chi connectivity index (χ0v) is 15.5. The Bertz CT molecular complexity index is 935. The number of ether oxygens (including phenoxy) is 2. The molecule has 1 heterocycles. The minimum atomic E-state index is -1.11. The monoisotopic (exact) mass is 380 g/mol. The number of anilines is 1. The van der Waals surface area contributed by atoms with E-state index in [4.69, 9.17) is 14.0 Å². The molecule has 28 heavy (non-hydrogen) atoms. The molecule has 0 spiro atoms. The van der Waals surface area contributed by atoms with E-state index in [-0.39, 0.29) is 12.2 Å². The zero-order valence-electron chi connectivity index (χ0n) is 15.5. The molecule has 3 aromatic rings. The Morgan fingerprint density at radius 1 is 1.11 bits per heavy atom. The van der Waals surface area contributed by atoms with E-state index in [9.17, 15) is 9.59 Å². The SMILES string of the molecule is COc1ccc(CC(=O)O[C@H](C(=O)Nc2cc(C)on2)c2ccccc2)cc1. The number of benzene rings is 2. The van der Waals surface area contributed by atoms with E-state index in [1.165, 1.54) is 0 Å². The van der Waals surface area contributed by atoms with Gasteiger partial charge in [-0.2, -0.15) is 0 Å². The van der Waals surface area contributed by atoms with E-state index in [2.05, 4.69) is 10.5 Å². The predicted molar refractivity (Wildman–Crippen MR) is 102 cm³/mol. The van der Waals surface area contributed by atoms with Crippen LogP contribution in [0.25, 0.3) is 0 Å². The van der Waals surface area contributed by atoms with Gasteiger partial charge in [-0.1, -0.05) is 47.6 Å². The van der Waals surface area contributed by atoms with Crippen LogP contribution in [0.15, 0.2) is 65.2 Å². The van der Waals surface area contributed by atoms with Gasteiger partial charge in [0.15, 0.2) is 5.82 Å². The van der Waals surface area contributed by atoms with E-state index in [0.717, 1.165) is 5.56 Å². The van der Waals surface area contributed by atoms with E-state index in [1.54, 1.807) is 68.6 Å². The minimum Gasteiger partial charge on any atom is -0.497 e. The lowest BCUT2D eigenvalue weighted by molar-refractivity contribution is -0.154. The summed E-state index contributed by atoms with van der Waals surface area (Å²) in [6.45, 7) is 1.71. The molecular weight excluding hydrogens is 360 g/mol. The molecule has 7 nitrogen and oxygen atoms in total. The Morgan fingerprint density at radius 3 is 2.43 bits per heavy atom. The van der Waals surface area contributed by atoms with Crippen LogP contribution in [0.3, 0.4) is 0 Å². The highest BCUT2D eigenvalue weighted by Crippen LogP contribution is 2.21. The molecule has 0 saturated heterocycles. The summed E-state index contributed by atoms with van der Waals surface area (Å²) in [5.74, 6) is 0.479. The van der Waals surface area contributed by atoms with Crippen LogP contribution in [-0.2, 0) is 20.7 Å². The van der Waals surface area contributed by atoms with Crippen LogP contribution in [0.4, 0.5) is 5.82 Å². The first-order valence-electron chi connectivity index (χ1n) is 8.66. The summed E-state index contributed by atoms with van der Waals surface area (Å²) >= 11 is 0. The molecule has 0 fully saturated rings. The molecule has 2 aromatic carbocycles. The van der Waals surface area contributed by atoms with Gasteiger partial charge in [0.1, 0.15) is 11.5 Å². The van der Waals surface area contributed by atoms with Crippen molar-refractivity contribution in [2.75, 3.05) is 12.4 Å². The second kappa shape index (κ2) is 8.85. The predicted octanol–water partition coefficient (Wildman–Crippen LogP) is 3.46. The highest BCUT2D eigenvalue weighted by Gasteiger charge is 2.26. The van der Waals surface area contributed by atoms with Crippen molar-refractivity contribution in [2.45, 2.75) is 19.4 Å². The molecule has 1 atom stereocenters. The second-order valence-corrected chi connectivity index (χ2v) is 6.12. The van der Waals surface area contributed by atoms with Crippen LogP contribution in [0, 0.1) is 6.92 Å². The zero-order chi connectivity index (χ0) is 19.9. The van der Waals surface area contributed by atoms with Crippen LogP contribution in [-0.4, -0.2) is 24.1 Å². The first-order chi connectivity index (χ1) is 13.5. The third-order valence-electron chi connectivity index (χ3n) is 3.98. The average molecular weight is 380 g/mol. The maximum absolute atomic E-state index is 12.7. The number of hydrogen-bond donors (Lipinski definition) is 1. The molecule has 1 N–H and O–H groups in total. The summed E-state index contributed by atoms with van der Waals surface area (Å²) in [4.78, 5) is 25.2. The normalized spacial score (nSPS) is 11.5. The maximum Gasteiger partial charge on any atom is 0.311 e. The quantitative estimate of drug-likeness (QED) is 0.631. The van der Waals surface area contributed by atoms with E-state index in [0.29, 0.717) is 17.1 Å². The molecule has 0 aliphatic heterocycles. The molecule has 0 aliphatic rings. The Balaban J connectivity index is 1.72. The number of nitrogens with one attached hydrogen (secondary N) is 1. The van der Waals surface area contributed by atoms with E-state index in [1.807, 2.05) is 6.07 Å². The van der Waals surface area contributed by atoms with Crippen molar-refractivity contribution in [1.82, 2.24) is 5.16 Å². The van der Waals surface area contributed by atoms with Gasteiger partial charge in [-0.25, -0.2) is 0 Å². The van der Waals surface area contributed by atoms with Crippen molar-refractivity contribution in [1.29, 1.82) is 0 Å². The maximum atomic E-state index is 12.7. The van der Waals surface area contributed by atoms with Gasteiger partial charge >= 0.3 is 5.97 Å². The van der Waals surface area contributed by atoms with Crippen LogP contribution >= 0.6 is 0 Å².